The number of hydrogen-bond donors (Lipinski definition) is 2. The molecule has 0 aliphatic heterocycles. The molecule has 2 N–H and O–H groups in total. The van der Waals surface area contributed by atoms with Gasteiger partial charge >= 0.3 is 6.09 Å². The van der Waals surface area contributed by atoms with Crippen molar-refractivity contribution in [2.75, 3.05) is 0 Å². The van der Waals surface area contributed by atoms with E-state index in [0.717, 1.165) is 5.69 Å². The maximum absolute atomic E-state index is 12.3. The lowest BCUT2D eigenvalue weighted by Gasteiger charge is -2.23. The van der Waals surface area contributed by atoms with Crippen molar-refractivity contribution in [1.82, 2.24) is 15.2 Å². The Kier molecular flexibility index (Phi) is 4.42. The van der Waals surface area contributed by atoms with E-state index in [1.807, 2.05) is 11.6 Å². The summed E-state index contributed by atoms with van der Waals surface area (Å²) in [4.78, 5) is 24.1. The standard InChI is InChI=1S/C15H22ClN3O3/c1-14(2,3)22-13(21)18-15(5-6-15)12(20)17-8-11-7-10(16)9-19(11)4/h7,9H,5-6,8H2,1-4H3,(H,17,20)(H,18,21). The van der Waals surface area contributed by atoms with Gasteiger partial charge in [0.15, 0.2) is 0 Å². The Morgan fingerprint density at radius 3 is 2.50 bits per heavy atom. The maximum Gasteiger partial charge on any atom is 0.408 e. The molecule has 0 spiro atoms. The van der Waals surface area contributed by atoms with Crippen LogP contribution in [0.3, 0.4) is 0 Å². The van der Waals surface area contributed by atoms with Gasteiger partial charge in [-0.25, -0.2) is 4.79 Å². The lowest BCUT2D eigenvalue weighted by Crippen LogP contribution is -2.50. The number of aryl methyl sites for hydroxylation is 1. The highest BCUT2D eigenvalue weighted by Gasteiger charge is 2.51. The number of ether oxygens (including phenoxy) is 1. The number of rotatable bonds is 4. The fraction of sp³-hybridized carbons (Fsp3) is 0.600. The van der Waals surface area contributed by atoms with Crippen molar-refractivity contribution >= 4 is 23.6 Å². The average Bonchev–Trinajstić information content (AvgIpc) is 3.04. The zero-order valence-corrected chi connectivity index (χ0v) is 14.1. The summed E-state index contributed by atoms with van der Waals surface area (Å²) in [5.41, 5.74) is -0.528. The highest BCUT2D eigenvalue weighted by molar-refractivity contribution is 6.30. The van der Waals surface area contributed by atoms with E-state index < -0.39 is 17.2 Å². The summed E-state index contributed by atoms with van der Waals surface area (Å²) in [6.45, 7) is 5.71. The number of aromatic nitrogens is 1. The number of halogens is 1. The van der Waals surface area contributed by atoms with Crippen LogP contribution in [-0.2, 0) is 23.1 Å². The molecule has 0 aromatic carbocycles. The maximum atomic E-state index is 12.3. The molecule has 1 aromatic heterocycles. The van der Waals surface area contributed by atoms with E-state index in [4.69, 9.17) is 16.3 Å². The van der Waals surface area contributed by atoms with Crippen LogP contribution in [0.15, 0.2) is 12.3 Å². The molecule has 22 heavy (non-hydrogen) atoms. The molecule has 2 rings (SSSR count). The van der Waals surface area contributed by atoms with Crippen LogP contribution >= 0.6 is 11.6 Å². The van der Waals surface area contributed by atoms with Crippen molar-refractivity contribution in [2.45, 2.75) is 51.3 Å². The van der Waals surface area contributed by atoms with E-state index in [1.54, 1.807) is 33.0 Å². The van der Waals surface area contributed by atoms with Gasteiger partial charge in [-0.05, 0) is 39.7 Å². The summed E-state index contributed by atoms with van der Waals surface area (Å²) in [7, 11) is 1.86. The Balaban J connectivity index is 1.89. The predicted molar refractivity (Wildman–Crippen MR) is 83.6 cm³/mol. The molecule has 0 saturated heterocycles. The van der Waals surface area contributed by atoms with E-state index >= 15 is 0 Å². The summed E-state index contributed by atoms with van der Waals surface area (Å²) in [6, 6.07) is 1.79. The summed E-state index contributed by atoms with van der Waals surface area (Å²) in [5.74, 6) is -0.198. The molecule has 0 bridgehead atoms. The van der Waals surface area contributed by atoms with Gasteiger partial charge in [-0.15, -0.1) is 0 Å². The molecule has 1 aromatic rings. The largest absolute Gasteiger partial charge is 0.444 e. The minimum atomic E-state index is -0.836. The molecule has 0 radical (unpaired) electrons. The molecule has 122 valence electrons. The Bertz CT molecular complexity index is 585. The van der Waals surface area contributed by atoms with Gasteiger partial charge in [0.2, 0.25) is 5.91 Å². The van der Waals surface area contributed by atoms with Crippen LogP contribution in [0.5, 0.6) is 0 Å². The molecular formula is C15H22ClN3O3. The van der Waals surface area contributed by atoms with E-state index in [9.17, 15) is 9.59 Å². The van der Waals surface area contributed by atoms with Crippen molar-refractivity contribution < 1.29 is 14.3 Å². The highest BCUT2D eigenvalue weighted by Crippen LogP contribution is 2.36. The lowest BCUT2D eigenvalue weighted by molar-refractivity contribution is -0.124. The molecule has 2 amide bonds. The average molecular weight is 328 g/mol. The second-order valence-corrected chi connectivity index (χ2v) is 7.09. The molecule has 1 fully saturated rings. The first-order valence-electron chi connectivity index (χ1n) is 7.21. The summed E-state index contributed by atoms with van der Waals surface area (Å²) >= 11 is 5.91. The van der Waals surface area contributed by atoms with Gasteiger partial charge in [0.05, 0.1) is 11.6 Å². The molecule has 6 nitrogen and oxygen atoms in total. The minimum Gasteiger partial charge on any atom is -0.444 e. The summed E-state index contributed by atoms with van der Waals surface area (Å²) in [5, 5.41) is 6.13. The van der Waals surface area contributed by atoms with E-state index in [1.165, 1.54) is 0 Å². The second-order valence-electron chi connectivity index (χ2n) is 6.65. The number of amides is 2. The molecule has 1 saturated carbocycles. The molecule has 1 aliphatic rings. The number of nitrogens with zero attached hydrogens (tertiary/aromatic N) is 1. The topological polar surface area (TPSA) is 72.4 Å². The number of carbonyl (C=O) groups excluding carboxylic acids is 2. The van der Waals surface area contributed by atoms with Crippen molar-refractivity contribution in [1.29, 1.82) is 0 Å². The van der Waals surface area contributed by atoms with Gasteiger partial charge in [-0.2, -0.15) is 0 Å². The number of nitrogens with one attached hydrogen (secondary N) is 2. The summed E-state index contributed by atoms with van der Waals surface area (Å²) < 4.78 is 7.05. The van der Waals surface area contributed by atoms with Crippen molar-refractivity contribution in [2.24, 2.45) is 7.05 Å². The fourth-order valence-corrected chi connectivity index (χ4v) is 2.39. The number of alkyl carbamates (subject to hydrolysis) is 1. The molecule has 1 heterocycles. The van der Waals surface area contributed by atoms with Crippen LogP contribution in [0.25, 0.3) is 0 Å². The van der Waals surface area contributed by atoms with Gasteiger partial charge in [0, 0.05) is 18.9 Å². The number of carbonyl (C=O) groups is 2. The SMILES string of the molecule is Cn1cc(Cl)cc1CNC(=O)C1(NC(=O)OC(C)(C)C)CC1. The van der Waals surface area contributed by atoms with Gasteiger partial charge in [-0.1, -0.05) is 11.6 Å². The van der Waals surface area contributed by atoms with Crippen molar-refractivity contribution in [3.05, 3.63) is 23.0 Å². The Hall–Kier alpha value is -1.69. The molecule has 0 unspecified atom stereocenters. The highest BCUT2D eigenvalue weighted by atomic mass is 35.5. The zero-order valence-electron chi connectivity index (χ0n) is 13.3. The lowest BCUT2D eigenvalue weighted by atomic mass is 10.2. The van der Waals surface area contributed by atoms with Gasteiger partial charge in [0.25, 0.3) is 0 Å². The third-order valence-corrected chi connectivity index (χ3v) is 3.64. The quantitative estimate of drug-likeness (QED) is 0.891. The van der Waals surface area contributed by atoms with Crippen LogP contribution in [0.1, 0.15) is 39.3 Å². The van der Waals surface area contributed by atoms with Crippen LogP contribution in [0, 0.1) is 0 Å². The fourth-order valence-electron chi connectivity index (χ4n) is 2.11. The Labute approximate surface area is 135 Å². The van der Waals surface area contributed by atoms with Crippen molar-refractivity contribution in [3.8, 4) is 0 Å². The van der Waals surface area contributed by atoms with Gasteiger partial charge in [-0.3, -0.25) is 4.79 Å². The first kappa shape index (κ1) is 16.7. The number of hydrogen-bond acceptors (Lipinski definition) is 3. The molecule has 1 aliphatic carbocycles. The van der Waals surface area contributed by atoms with Crippen LogP contribution in [-0.4, -0.2) is 27.7 Å². The first-order chi connectivity index (χ1) is 10.1. The smallest absolute Gasteiger partial charge is 0.408 e. The van der Waals surface area contributed by atoms with Gasteiger partial charge < -0.3 is 19.9 Å². The monoisotopic (exact) mass is 327 g/mol. The predicted octanol–water partition coefficient (Wildman–Crippen LogP) is 2.35. The van der Waals surface area contributed by atoms with Crippen LogP contribution in [0.4, 0.5) is 4.79 Å². The minimum absolute atomic E-state index is 0.198. The first-order valence-corrected chi connectivity index (χ1v) is 7.59. The second kappa shape index (κ2) is 5.83. The van der Waals surface area contributed by atoms with E-state index in [-0.39, 0.29) is 5.91 Å². The third kappa shape index (κ3) is 4.16. The molecule has 0 atom stereocenters. The normalized spacial score (nSPS) is 16.0. The van der Waals surface area contributed by atoms with E-state index in [2.05, 4.69) is 10.6 Å². The summed E-state index contributed by atoms with van der Waals surface area (Å²) in [6.07, 6.45) is 2.44. The van der Waals surface area contributed by atoms with E-state index in [0.29, 0.717) is 24.4 Å². The van der Waals surface area contributed by atoms with Crippen LogP contribution < -0.4 is 10.6 Å². The van der Waals surface area contributed by atoms with Crippen molar-refractivity contribution in [3.63, 3.8) is 0 Å². The molecular weight excluding hydrogens is 306 g/mol. The Morgan fingerprint density at radius 1 is 1.41 bits per heavy atom. The zero-order chi connectivity index (χ0) is 16.5. The Morgan fingerprint density at radius 2 is 2.05 bits per heavy atom. The molecule has 7 heteroatoms. The van der Waals surface area contributed by atoms with Gasteiger partial charge in [0.1, 0.15) is 11.1 Å². The third-order valence-electron chi connectivity index (χ3n) is 3.43. The van der Waals surface area contributed by atoms with Crippen LogP contribution in [0.2, 0.25) is 5.02 Å².